The third kappa shape index (κ3) is 2.50. The average Bonchev–Trinajstić information content (AvgIpc) is 2.04. The van der Waals surface area contributed by atoms with Crippen LogP contribution in [-0.4, -0.2) is 18.2 Å². The molecule has 1 aromatic rings. The van der Waals surface area contributed by atoms with E-state index in [0.29, 0.717) is 10.3 Å². The Morgan fingerprint density at radius 1 is 1.75 bits per heavy atom. The Morgan fingerprint density at radius 2 is 2.50 bits per heavy atom. The summed E-state index contributed by atoms with van der Waals surface area (Å²) >= 11 is 3.17. The molecule has 0 bridgehead atoms. The fraction of sp³-hybridized carbons (Fsp3) is 0.143. The summed E-state index contributed by atoms with van der Waals surface area (Å²) in [6, 6.07) is 3.35. The summed E-state index contributed by atoms with van der Waals surface area (Å²) in [7, 11) is 1.31. The molecule has 0 radical (unpaired) electrons. The fourth-order valence-electron chi connectivity index (χ4n) is 0.649. The molecule has 12 heavy (non-hydrogen) atoms. The zero-order chi connectivity index (χ0) is 8.97. The molecule has 0 fully saturated rings. The molecule has 0 aliphatic carbocycles. The van der Waals surface area contributed by atoms with Gasteiger partial charge in [0, 0.05) is 11.9 Å². The quantitative estimate of drug-likeness (QED) is 0.752. The van der Waals surface area contributed by atoms with Crippen LogP contribution >= 0.6 is 15.9 Å². The van der Waals surface area contributed by atoms with Crippen LogP contribution in [-0.2, 0) is 4.74 Å². The standard InChI is InChI=1S/C7H7BrN2O2/c1-12-7(11)10-5-2-3-9-6(8)4-5/h2-4H,1H3,(H,9,10,11). The number of nitrogens with one attached hydrogen (secondary N) is 1. The molecule has 64 valence electrons. The summed E-state index contributed by atoms with van der Waals surface area (Å²) in [5.41, 5.74) is 0.642. The summed E-state index contributed by atoms with van der Waals surface area (Å²) in [6.07, 6.45) is 1.09. The third-order valence-corrected chi connectivity index (χ3v) is 1.59. The lowest BCUT2D eigenvalue weighted by molar-refractivity contribution is 0.187. The van der Waals surface area contributed by atoms with E-state index in [0.717, 1.165) is 0 Å². The number of anilines is 1. The Hall–Kier alpha value is -1.10. The molecule has 0 aliphatic heterocycles. The van der Waals surface area contributed by atoms with Crippen molar-refractivity contribution < 1.29 is 9.53 Å². The number of hydrogen-bond acceptors (Lipinski definition) is 3. The van der Waals surface area contributed by atoms with E-state index >= 15 is 0 Å². The first-order valence-corrected chi connectivity index (χ1v) is 3.98. The number of hydrogen-bond donors (Lipinski definition) is 1. The van der Waals surface area contributed by atoms with Crippen LogP contribution in [0.4, 0.5) is 10.5 Å². The van der Waals surface area contributed by atoms with Crippen LogP contribution in [0.2, 0.25) is 0 Å². The van der Waals surface area contributed by atoms with E-state index in [4.69, 9.17) is 0 Å². The van der Waals surface area contributed by atoms with Crippen molar-refractivity contribution in [2.45, 2.75) is 0 Å². The predicted molar refractivity (Wildman–Crippen MR) is 48.0 cm³/mol. The number of amides is 1. The van der Waals surface area contributed by atoms with Gasteiger partial charge in [0.2, 0.25) is 0 Å². The molecule has 0 atom stereocenters. The van der Waals surface area contributed by atoms with Crippen molar-refractivity contribution in [3.63, 3.8) is 0 Å². The zero-order valence-corrected chi connectivity index (χ0v) is 7.96. The van der Waals surface area contributed by atoms with Gasteiger partial charge in [-0.15, -0.1) is 0 Å². The van der Waals surface area contributed by atoms with Crippen LogP contribution < -0.4 is 5.32 Å². The normalized spacial score (nSPS) is 9.17. The fourth-order valence-corrected chi connectivity index (χ4v) is 1.01. The Bertz CT molecular complexity index is 290. The van der Waals surface area contributed by atoms with Crippen LogP contribution in [0.5, 0.6) is 0 Å². The van der Waals surface area contributed by atoms with Gasteiger partial charge in [-0.25, -0.2) is 9.78 Å². The number of rotatable bonds is 1. The van der Waals surface area contributed by atoms with Crippen LogP contribution in [0.1, 0.15) is 0 Å². The molecule has 0 unspecified atom stereocenters. The molecule has 0 aromatic carbocycles. The van der Waals surface area contributed by atoms with E-state index in [-0.39, 0.29) is 0 Å². The minimum atomic E-state index is -0.493. The van der Waals surface area contributed by atoms with Gasteiger partial charge in [-0.3, -0.25) is 5.32 Å². The number of carbonyl (C=O) groups is 1. The summed E-state index contributed by atoms with van der Waals surface area (Å²) in [5.74, 6) is 0. The first-order valence-electron chi connectivity index (χ1n) is 3.19. The molecule has 1 aromatic heterocycles. The number of pyridine rings is 1. The number of methoxy groups -OCH3 is 1. The van der Waals surface area contributed by atoms with Crippen molar-refractivity contribution in [3.8, 4) is 0 Å². The van der Waals surface area contributed by atoms with E-state index in [9.17, 15) is 4.79 Å². The van der Waals surface area contributed by atoms with Gasteiger partial charge in [0.05, 0.1) is 7.11 Å². The number of nitrogens with zero attached hydrogens (tertiary/aromatic N) is 1. The van der Waals surface area contributed by atoms with Crippen molar-refractivity contribution in [2.75, 3.05) is 12.4 Å². The van der Waals surface area contributed by atoms with E-state index in [2.05, 4.69) is 31.0 Å². The second kappa shape index (κ2) is 4.06. The highest BCUT2D eigenvalue weighted by molar-refractivity contribution is 9.10. The van der Waals surface area contributed by atoms with Crippen LogP contribution in [0, 0.1) is 0 Å². The molecule has 1 rings (SSSR count). The van der Waals surface area contributed by atoms with Crippen molar-refractivity contribution in [1.29, 1.82) is 0 Å². The lowest BCUT2D eigenvalue weighted by atomic mass is 10.4. The van der Waals surface area contributed by atoms with E-state index in [1.165, 1.54) is 7.11 Å². The molecule has 1 N–H and O–H groups in total. The van der Waals surface area contributed by atoms with Gasteiger partial charge in [-0.05, 0) is 28.1 Å². The summed E-state index contributed by atoms with van der Waals surface area (Å²) in [5, 5.41) is 2.50. The summed E-state index contributed by atoms with van der Waals surface area (Å²) < 4.78 is 5.07. The molecular weight excluding hydrogens is 224 g/mol. The zero-order valence-electron chi connectivity index (χ0n) is 6.37. The Labute approximate surface area is 78.1 Å². The largest absolute Gasteiger partial charge is 0.453 e. The molecule has 0 spiro atoms. The first kappa shape index (κ1) is 8.99. The van der Waals surface area contributed by atoms with Gasteiger partial charge < -0.3 is 4.74 Å². The highest BCUT2D eigenvalue weighted by Gasteiger charge is 1.99. The molecule has 1 amide bonds. The maximum Gasteiger partial charge on any atom is 0.411 e. The number of ether oxygens (including phenoxy) is 1. The van der Waals surface area contributed by atoms with E-state index < -0.39 is 6.09 Å². The lowest BCUT2D eigenvalue weighted by Gasteiger charge is -2.02. The Morgan fingerprint density at radius 3 is 3.08 bits per heavy atom. The number of aromatic nitrogens is 1. The van der Waals surface area contributed by atoms with Gasteiger partial charge in [0.1, 0.15) is 4.60 Å². The Kier molecular flexibility index (Phi) is 3.04. The highest BCUT2D eigenvalue weighted by Crippen LogP contribution is 2.12. The van der Waals surface area contributed by atoms with Crippen molar-refractivity contribution in [3.05, 3.63) is 22.9 Å². The molecule has 1 heterocycles. The average molecular weight is 231 g/mol. The predicted octanol–water partition coefficient (Wildman–Crippen LogP) is 2.02. The Balaban J connectivity index is 2.69. The molecular formula is C7H7BrN2O2. The second-order valence-corrected chi connectivity index (χ2v) is 2.80. The molecule has 0 saturated carbocycles. The van der Waals surface area contributed by atoms with Crippen molar-refractivity contribution in [1.82, 2.24) is 4.98 Å². The SMILES string of the molecule is COC(=O)Nc1ccnc(Br)c1. The van der Waals surface area contributed by atoms with Gasteiger partial charge >= 0.3 is 6.09 Å². The van der Waals surface area contributed by atoms with Gasteiger partial charge in [-0.2, -0.15) is 0 Å². The van der Waals surface area contributed by atoms with Gasteiger partial charge in [-0.1, -0.05) is 0 Å². The lowest BCUT2D eigenvalue weighted by Crippen LogP contribution is -2.10. The van der Waals surface area contributed by atoms with Crippen LogP contribution in [0.25, 0.3) is 0 Å². The maximum absolute atomic E-state index is 10.7. The minimum absolute atomic E-state index is 0.493. The smallest absolute Gasteiger partial charge is 0.411 e. The number of halogens is 1. The van der Waals surface area contributed by atoms with E-state index in [1.807, 2.05) is 0 Å². The minimum Gasteiger partial charge on any atom is -0.453 e. The maximum atomic E-state index is 10.7. The molecule has 5 heteroatoms. The highest BCUT2D eigenvalue weighted by atomic mass is 79.9. The molecule has 4 nitrogen and oxygen atoms in total. The monoisotopic (exact) mass is 230 g/mol. The van der Waals surface area contributed by atoms with Crippen LogP contribution in [0.3, 0.4) is 0 Å². The van der Waals surface area contributed by atoms with Gasteiger partial charge in [0.15, 0.2) is 0 Å². The topological polar surface area (TPSA) is 51.2 Å². The first-order chi connectivity index (χ1) is 5.72. The molecule has 0 aliphatic rings. The summed E-state index contributed by atoms with van der Waals surface area (Å²) in [6.45, 7) is 0. The van der Waals surface area contributed by atoms with E-state index in [1.54, 1.807) is 18.3 Å². The molecule has 0 saturated heterocycles. The number of carbonyl (C=O) groups excluding carboxylic acids is 1. The van der Waals surface area contributed by atoms with Gasteiger partial charge in [0.25, 0.3) is 0 Å². The van der Waals surface area contributed by atoms with Crippen LogP contribution in [0.15, 0.2) is 22.9 Å². The van der Waals surface area contributed by atoms with Crippen molar-refractivity contribution >= 4 is 27.7 Å². The third-order valence-electron chi connectivity index (χ3n) is 1.16. The summed E-state index contributed by atoms with van der Waals surface area (Å²) in [4.78, 5) is 14.6. The second-order valence-electron chi connectivity index (χ2n) is 1.98. The van der Waals surface area contributed by atoms with Crippen molar-refractivity contribution in [2.24, 2.45) is 0 Å².